The van der Waals surface area contributed by atoms with Gasteiger partial charge >= 0.3 is 6.01 Å². The van der Waals surface area contributed by atoms with E-state index in [4.69, 9.17) is 21.1 Å². The molecule has 0 N–H and O–H groups in total. The monoisotopic (exact) mass is 270 g/mol. The van der Waals surface area contributed by atoms with Gasteiger partial charge in [0.1, 0.15) is 0 Å². The van der Waals surface area contributed by atoms with E-state index in [1.807, 2.05) is 6.92 Å². The van der Waals surface area contributed by atoms with E-state index in [2.05, 4.69) is 19.9 Å². The topological polar surface area (TPSA) is 60.4 Å². The minimum Gasteiger partial charge on any atom is -0.464 e. The summed E-state index contributed by atoms with van der Waals surface area (Å²) in [6, 6.07) is 0.284. The molecule has 6 nitrogen and oxygen atoms in total. The molecule has 18 heavy (non-hydrogen) atoms. The molecular formula is C11H15ClN4O2. The molecule has 1 aromatic rings. The van der Waals surface area contributed by atoms with E-state index in [1.165, 1.54) is 0 Å². The molecule has 0 aromatic carbocycles. The average molecular weight is 271 g/mol. The van der Waals surface area contributed by atoms with E-state index < -0.39 is 0 Å². The van der Waals surface area contributed by atoms with Gasteiger partial charge in [-0.25, -0.2) is 0 Å². The van der Waals surface area contributed by atoms with Crippen LogP contribution in [0.3, 0.4) is 0 Å². The molecule has 3 heterocycles. The first-order valence-electron chi connectivity index (χ1n) is 6.19. The quantitative estimate of drug-likeness (QED) is 0.825. The Hall–Kier alpha value is -1.14. The largest absolute Gasteiger partial charge is 0.464 e. The van der Waals surface area contributed by atoms with Gasteiger partial charge in [0.25, 0.3) is 0 Å². The number of fused-ring (bicyclic) bond motifs is 2. The normalized spacial score (nSPS) is 26.4. The molecule has 0 amide bonds. The summed E-state index contributed by atoms with van der Waals surface area (Å²) in [5.74, 6) is 0.582. The minimum atomic E-state index is 0.169. The molecule has 2 unspecified atom stereocenters. The summed E-state index contributed by atoms with van der Waals surface area (Å²) >= 11 is 5.89. The number of aromatic nitrogens is 3. The van der Waals surface area contributed by atoms with Crippen molar-refractivity contribution in [2.75, 3.05) is 24.6 Å². The number of rotatable bonds is 3. The second kappa shape index (κ2) is 4.85. The lowest BCUT2D eigenvalue weighted by Gasteiger charge is -2.32. The molecule has 0 spiro atoms. The Labute approximate surface area is 110 Å². The maximum absolute atomic E-state index is 5.89. The lowest BCUT2D eigenvalue weighted by Crippen LogP contribution is -2.43. The van der Waals surface area contributed by atoms with Crippen molar-refractivity contribution >= 4 is 17.5 Å². The number of hydrogen-bond acceptors (Lipinski definition) is 6. The van der Waals surface area contributed by atoms with Crippen LogP contribution in [-0.2, 0) is 4.74 Å². The predicted octanol–water partition coefficient (Wildman–Crippen LogP) is 1.29. The lowest BCUT2D eigenvalue weighted by molar-refractivity contribution is 0.0298. The molecule has 2 atom stereocenters. The minimum absolute atomic E-state index is 0.169. The summed E-state index contributed by atoms with van der Waals surface area (Å²) in [5.41, 5.74) is 0. The van der Waals surface area contributed by atoms with Crippen molar-refractivity contribution in [2.24, 2.45) is 0 Å². The second-order valence-corrected chi connectivity index (χ2v) is 4.82. The van der Waals surface area contributed by atoms with Crippen LogP contribution in [0.2, 0.25) is 5.28 Å². The molecule has 98 valence electrons. The maximum atomic E-state index is 5.89. The van der Waals surface area contributed by atoms with Crippen molar-refractivity contribution in [3.63, 3.8) is 0 Å². The first kappa shape index (κ1) is 11.9. The van der Waals surface area contributed by atoms with Gasteiger partial charge in [-0.05, 0) is 31.4 Å². The fourth-order valence-electron chi connectivity index (χ4n) is 2.44. The van der Waals surface area contributed by atoms with E-state index in [0.29, 0.717) is 12.6 Å². The van der Waals surface area contributed by atoms with Crippen molar-refractivity contribution in [1.82, 2.24) is 15.0 Å². The Balaban J connectivity index is 1.82. The van der Waals surface area contributed by atoms with Crippen LogP contribution in [0.15, 0.2) is 0 Å². The summed E-state index contributed by atoms with van der Waals surface area (Å²) in [7, 11) is 0. The summed E-state index contributed by atoms with van der Waals surface area (Å²) in [5, 5.41) is 0.169. The van der Waals surface area contributed by atoms with E-state index >= 15 is 0 Å². The molecule has 0 saturated carbocycles. The number of nitrogens with zero attached hydrogens (tertiary/aromatic N) is 4. The van der Waals surface area contributed by atoms with Gasteiger partial charge in [-0.1, -0.05) is 0 Å². The van der Waals surface area contributed by atoms with Crippen LogP contribution in [-0.4, -0.2) is 46.9 Å². The van der Waals surface area contributed by atoms with Crippen molar-refractivity contribution in [3.05, 3.63) is 5.28 Å². The Kier molecular flexibility index (Phi) is 3.22. The van der Waals surface area contributed by atoms with Crippen molar-refractivity contribution in [1.29, 1.82) is 0 Å². The van der Waals surface area contributed by atoms with Gasteiger partial charge in [-0.15, -0.1) is 0 Å². The highest BCUT2D eigenvalue weighted by atomic mass is 35.5. The molecule has 0 aliphatic carbocycles. The maximum Gasteiger partial charge on any atom is 0.322 e. The number of halogens is 1. The summed E-state index contributed by atoms with van der Waals surface area (Å²) in [6.07, 6.45) is 2.79. The van der Waals surface area contributed by atoms with Gasteiger partial charge < -0.3 is 14.4 Å². The average Bonchev–Trinajstić information content (AvgIpc) is 2.68. The Morgan fingerprint density at radius 3 is 2.67 bits per heavy atom. The number of morpholine rings is 1. The Morgan fingerprint density at radius 2 is 2.00 bits per heavy atom. The second-order valence-electron chi connectivity index (χ2n) is 4.48. The van der Waals surface area contributed by atoms with Gasteiger partial charge in [0, 0.05) is 13.1 Å². The van der Waals surface area contributed by atoms with Gasteiger partial charge in [0.05, 0.1) is 18.8 Å². The van der Waals surface area contributed by atoms with Gasteiger partial charge in [-0.3, -0.25) is 0 Å². The van der Waals surface area contributed by atoms with Crippen molar-refractivity contribution in [2.45, 2.75) is 32.0 Å². The van der Waals surface area contributed by atoms with Crippen molar-refractivity contribution in [3.8, 4) is 6.01 Å². The van der Waals surface area contributed by atoms with E-state index in [1.54, 1.807) is 0 Å². The third kappa shape index (κ3) is 2.35. The third-order valence-corrected chi connectivity index (χ3v) is 3.34. The molecule has 7 heteroatoms. The fourth-order valence-corrected chi connectivity index (χ4v) is 2.58. The lowest BCUT2D eigenvalue weighted by atomic mass is 10.2. The van der Waals surface area contributed by atoms with Gasteiger partial charge in [-0.2, -0.15) is 15.0 Å². The summed E-state index contributed by atoms with van der Waals surface area (Å²) in [4.78, 5) is 14.5. The first-order chi connectivity index (χ1) is 8.74. The highest BCUT2D eigenvalue weighted by Crippen LogP contribution is 2.28. The van der Waals surface area contributed by atoms with Crippen LogP contribution in [0.25, 0.3) is 0 Å². The fraction of sp³-hybridized carbons (Fsp3) is 0.727. The zero-order valence-electron chi connectivity index (χ0n) is 10.2. The third-order valence-electron chi connectivity index (χ3n) is 3.18. The molecule has 0 radical (unpaired) electrons. The van der Waals surface area contributed by atoms with Gasteiger partial charge in [0.2, 0.25) is 11.2 Å². The number of hydrogen-bond donors (Lipinski definition) is 0. The number of ether oxygens (including phenoxy) is 2. The highest BCUT2D eigenvalue weighted by Gasteiger charge is 2.35. The predicted molar refractivity (Wildman–Crippen MR) is 66.1 cm³/mol. The van der Waals surface area contributed by atoms with Crippen LogP contribution in [0.4, 0.5) is 5.95 Å². The Bertz CT molecular complexity index is 433. The summed E-state index contributed by atoms with van der Waals surface area (Å²) < 4.78 is 11.1. The van der Waals surface area contributed by atoms with E-state index in [9.17, 15) is 0 Å². The zero-order chi connectivity index (χ0) is 12.5. The van der Waals surface area contributed by atoms with Crippen LogP contribution in [0.5, 0.6) is 6.01 Å². The van der Waals surface area contributed by atoms with Gasteiger partial charge in [0.15, 0.2) is 0 Å². The Morgan fingerprint density at radius 1 is 1.28 bits per heavy atom. The SMILES string of the molecule is CCOc1nc(Cl)nc(N2CC3CCC(C2)O3)n1. The molecule has 2 fully saturated rings. The summed E-state index contributed by atoms with van der Waals surface area (Å²) in [6.45, 7) is 4.01. The molecular weight excluding hydrogens is 256 g/mol. The van der Waals surface area contributed by atoms with Crippen LogP contribution in [0, 0.1) is 0 Å². The van der Waals surface area contributed by atoms with E-state index in [-0.39, 0.29) is 23.5 Å². The van der Waals surface area contributed by atoms with Crippen LogP contribution < -0.4 is 9.64 Å². The van der Waals surface area contributed by atoms with E-state index in [0.717, 1.165) is 25.9 Å². The zero-order valence-corrected chi connectivity index (χ0v) is 10.9. The molecule has 2 saturated heterocycles. The highest BCUT2D eigenvalue weighted by molar-refractivity contribution is 6.28. The molecule has 2 aliphatic heterocycles. The standard InChI is InChI=1S/C11H15ClN4O2/c1-2-17-11-14-9(12)13-10(15-11)16-5-7-3-4-8(6-16)18-7/h7-8H,2-6H2,1H3. The van der Waals surface area contributed by atoms with Crippen LogP contribution >= 0.6 is 11.6 Å². The number of anilines is 1. The smallest absolute Gasteiger partial charge is 0.322 e. The molecule has 3 rings (SSSR count). The molecule has 2 bridgehead atoms. The van der Waals surface area contributed by atoms with Crippen molar-refractivity contribution < 1.29 is 9.47 Å². The van der Waals surface area contributed by atoms with Crippen LogP contribution in [0.1, 0.15) is 19.8 Å². The molecule has 1 aromatic heterocycles. The molecule has 2 aliphatic rings. The first-order valence-corrected chi connectivity index (χ1v) is 6.57.